The molecule has 1 aromatic rings. The van der Waals surface area contributed by atoms with Crippen LogP contribution >= 0.6 is 0 Å². The molecule has 4 N–H and O–H groups in total. The van der Waals surface area contributed by atoms with Crippen molar-refractivity contribution in [3.05, 3.63) is 29.8 Å². The van der Waals surface area contributed by atoms with Crippen molar-refractivity contribution in [1.82, 2.24) is 5.43 Å². The largest absolute Gasteiger partial charge is 0.294 e. The second-order valence-corrected chi connectivity index (χ2v) is 3.92. The number of nitrogens with one attached hydrogen (secondary N) is 1. The van der Waals surface area contributed by atoms with E-state index < -0.39 is 10.1 Å². The van der Waals surface area contributed by atoms with Crippen molar-refractivity contribution < 1.29 is 13.0 Å². The minimum Gasteiger partial charge on any atom is -0.282 e. The second kappa shape index (κ2) is 3.84. The van der Waals surface area contributed by atoms with Crippen molar-refractivity contribution in [3.63, 3.8) is 0 Å². The van der Waals surface area contributed by atoms with Gasteiger partial charge in [0.2, 0.25) is 0 Å². The molecule has 0 fully saturated rings. The Bertz CT molecular complexity index is 371. The Balaban J connectivity index is 2.94. The maximum Gasteiger partial charge on any atom is 0.294 e. The Morgan fingerprint density at radius 3 is 2.23 bits per heavy atom. The Morgan fingerprint density at radius 1 is 1.31 bits per heavy atom. The molecule has 0 saturated carbocycles. The Labute approximate surface area is 76.3 Å². The number of nitrogens with two attached hydrogens (primary N) is 1. The van der Waals surface area contributed by atoms with Crippen LogP contribution in [0.1, 0.15) is 5.56 Å². The van der Waals surface area contributed by atoms with Gasteiger partial charge in [-0.1, -0.05) is 12.1 Å². The molecule has 0 amide bonds. The minimum atomic E-state index is -4.09. The highest BCUT2D eigenvalue weighted by atomic mass is 32.2. The van der Waals surface area contributed by atoms with E-state index in [2.05, 4.69) is 5.43 Å². The average Bonchev–Trinajstić information content (AvgIpc) is 2.04. The van der Waals surface area contributed by atoms with Crippen LogP contribution in [-0.2, 0) is 16.7 Å². The molecular formula is C7H10N2O3S. The summed E-state index contributed by atoms with van der Waals surface area (Å²) in [6, 6.07) is 5.79. The summed E-state index contributed by atoms with van der Waals surface area (Å²) in [7, 11) is -4.09. The van der Waals surface area contributed by atoms with Gasteiger partial charge in [-0.15, -0.1) is 0 Å². The zero-order valence-electron chi connectivity index (χ0n) is 6.77. The minimum absolute atomic E-state index is 0.117. The van der Waals surface area contributed by atoms with Gasteiger partial charge >= 0.3 is 0 Å². The van der Waals surface area contributed by atoms with Gasteiger partial charge in [0.25, 0.3) is 10.1 Å². The fourth-order valence-corrected chi connectivity index (χ4v) is 1.38. The Kier molecular flexibility index (Phi) is 2.99. The van der Waals surface area contributed by atoms with Gasteiger partial charge in [-0.2, -0.15) is 8.42 Å². The zero-order chi connectivity index (χ0) is 9.90. The smallest absolute Gasteiger partial charge is 0.282 e. The molecule has 5 nitrogen and oxygen atoms in total. The van der Waals surface area contributed by atoms with E-state index in [4.69, 9.17) is 10.4 Å². The molecule has 1 aromatic carbocycles. The van der Waals surface area contributed by atoms with Gasteiger partial charge in [0, 0.05) is 6.54 Å². The molecule has 0 saturated heterocycles. The van der Waals surface area contributed by atoms with E-state index in [1.165, 1.54) is 12.1 Å². The molecule has 13 heavy (non-hydrogen) atoms. The zero-order valence-corrected chi connectivity index (χ0v) is 7.58. The lowest BCUT2D eigenvalue weighted by atomic mass is 10.2. The van der Waals surface area contributed by atoms with Gasteiger partial charge in [-0.25, -0.2) is 0 Å². The molecule has 0 heterocycles. The number of benzene rings is 1. The third-order valence-electron chi connectivity index (χ3n) is 1.53. The van der Waals surface area contributed by atoms with Crippen molar-refractivity contribution in [2.24, 2.45) is 5.84 Å². The van der Waals surface area contributed by atoms with Crippen LogP contribution in [0, 0.1) is 0 Å². The number of hydrazine groups is 1. The number of hydrogen-bond acceptors (Lipinski definition) is 4. The van der Waals surface area contributed by atoms with Gasteiger partial charge < -0.3 is 0 Å². The first-order chi connectivity index (χ1) is 6.04. The quantitative estimate of drug-likeness (QED) is 0.361. The molecule has 0 radical (unpaired) electrons. The number of hydrogen-bond donors (Lipinski definition) is 3. The number of rotatable bonds is 3. The van der Waals surface area contributed by atoms with E-state index in [-0.39, 0.29) is 4.90 Å². The molecule has 0 atom stereocenters. The van der Waals surface area contributed by atoms with Crippen molar-refractivity contribution >= 4 is 10.1 Å². The molecule has 0 aliphatic carbocycles. The summed E-state index contributed by atoms with van der Waals surface area (Å²) in [4.78, 5) is -0.117. The highest BCUT2D eigenvalue weighted by Gasteiger charge is 2.07. The average molecular weight is 202 g/mol. The van der Waals surface area contributed by atoms with Crippen LogP contribution in [0.15, 0.2) is 29.2 Å². The third-order valence-corrected chi connectivity index (χ3v) is 2.40. The standard InChI is InChI=1S/C7H10N2O3S/c8-9-5-6-1-3-7(4-2-6)13(10,11)12/h1-4,9H,5,8H2,(H,10,11,12). The molecule has 0 bridgehead atoms. The van der Waals surface area contributed by atoms with Crippen LogP contribution in [0.25, 0.3) is 0 Å². The summed E-state index contributed by atoms with van der Waals surface area (Å²) in [5.41, 5.74) is 3.27. The summed E-state index contributed by atoms with van der Waals surface area (Å²) in [6.45, 7) is 0.450. The highest BCUT2D eigenvalue weighted by Crippen LogP contribution is 2.09. The molecule has 0 aliphatic heterocycles. The normalized spacial score (nSPS) is 11.5. The first kappa shape index (κ1) is 10.1. The summed E-state index contributed by atoms with van der Waals surface area (Å²) >= 11 is 0. The van der Waals surface area contributed by atoms with Gasteiger partial charge in [0.05, 0.1) is 4.90 Å². The first-order valence-corrected chi connectivity index (χ1v) is 4.98. The lowest BCUT2D eigenvalue weighted by Crippen LogP contribution is -2.20. The topological polar surface area (TPSA) is 92.4 Å². The fraction of sp³-hybridized carbons (Fsp3) is 0.143. The molecule has 0 unspecified atom stereocenters. The van der Waals surface area contributed by atoms with Gasteiger partial charge in [0.15, 0.2) is 0 Å². The van der Waals surface area contributed by atoms with E-state index >= 15 is 0 Å². The lowest BCUT2D eigenvalue weighted by molar-refractivity contribution is 0.483. The Hall–Kier alpha value is -0.950. The van der Waals surface area contributed by atoms with E-state index in [0.29, 0.717) is 6.54 Å². The monoisotopic (exact) mass is 202 g/mol. The maximum atomic E-state index is 10.6. The van der Waals surface area contributed by atoms with Crippen LogP contribution in [0.2, 0.25) is 0 Å². The van der Waals surface area contributed by atoms with Crippen LogP contribution in [0.5, 0.6) is 0 Å². The molecule has 1 rings (SSSR count). The van der Waals surface area contributed by atoms with Crippen LogP contribution in [-0.4, -0.2) is 13.0 Å². The van der Waals surface area contributed by atoms with Crippen molar-refractivity contribution in [3.8, 4) is 0 Å². The molecule has 6 heteroatoms. The van der Waals surface area contributed by atoms with Crippen LogP contribution in [0.3, 0.4) is 0 Å². The molecular weight excluding hydrogens is 192 g/mol. The predicted molar refractivity (Wildman–Crippen MR) is 47.3 cm³/mol. The molecule has 0 aliphatic rings. The third kappa shape index (κ3) is 2.78. The lowest BCUT2D eigenvalue weighted by Gasteiger charge is -2.00. The van der Waals surface area contributed by atoms with Crippen LogP contribution in [0.4, 0.5) is 0 Å². The van der Waals surface area contributed by atoms with E-state index in [9.17, 15) is 8.42 Å². The van der Waals surface area contributed by atoms with Gasteiger partial charge in [-0.3, -0.25) is 15.8 Å². The van der Waals surface area contributed by atoms with Gasteiger partial charge in [-0.05, 0) is 17.7 Å². The van der Waals surface area contributed by atoms with E-state index in [0.717, 1.165) is 5.56 Å². The van der Waals surface area contributed by atoms with Crippen molar-refractivity contribution in [2.75, 3.05) is 0 Å². The summed E-state index contributed by atoms with van der Waals surface area (Å²) < 4.78 is 29.9. The molecule has 0 spiro atoms. The summed E-state index contributed by atoms with van der Waals surface area (Å²) in [5.74, 6) is 5.07. The van der Waals surface area contributed by atoms with Crippen LogP contribution < -0.4 is 11.3 Å². The van der Waals surface area contributed by atoms with Crippen molar-refractivity contribution in [2.45, 2.75) is 11.4 Å². The SMILES string of the molecule is NNCc1ccc(S(=O)(=O)O)cc1. The summed E-state index contributed by atoms with van der Waals surface area (Å²) in [6.07, 6.45) is 0. The van der Waals surface area contributed by atoms with Crippen molar-refractivity contribution in [1.29, 1.82) is 0 Å². The first-order valence-electron chi connectivity index (χ1n) is 3.54. The van der Waals surface area contributed by atoms with E-state index in [1.807, 2.05) is 0 Å². The summed E-state index contributed by atoms with van der Waals surface area (Å²) in [5, 5.41) is 0. The predicted octanol–water partition coefficient (Wildman–Crippen LogP) is -0.103. The highest BCUT2D eigenvalue weighted by molar-refractivity contribution is 7.85. The van der Waals surface area contributed by atoms with E-state index in [1.54, 1.807) is 12.1 Å². The second-order valence-electron chi connectivity index (χ2n) is 2.50. The van der Waals surface area contributed by atoms with Gasteiger partial charge in [0.1, 0.15) is 0 Å². The maximum absolute atomic E-state index is 10.6. The molecule has 0 aromatic heterocycles. The Morgan fingerprint density at radius 2 is 1.85 bits per heavy atom. The molecule has 72 valence electrons. The fourth-order valence-electron chi connectivity index (χ4n) is 0.897.